The molecule has 2 aromatic rings. The van der Waals surface area contributed by atoms with Crippen molar-refractivity contribution >= 4 is 22.4 Å². The van der Waals surface area contributed by atoms with Crippen molar-refractivity contribution in [1.29, 1.82) is 0 Å². The summed E-state index contributed by atoms with van der Waals surface area (Å²) in [6.45, 7) is -0.639. The molecule has 1 aliphatic rings. The lowest BCUT2D eigenvalue weighted by molar-refractivity contribution is -0.000808. The van der Waals surface area contributed by atoms with Crippen LogP contribution < -0.4 is 10.0 Å². The molecule has 1 heterocycles. The molecule has 1 saturated heterocycles. The van der Waals surface area contributed by atoms with Gasteiger partial charge in [-0.3, -0.25) is 0 Å². The molecule has 28 heavy (non-hydrogen) atoms. The Kier molecular flexibility index (Phi) is 6.75. The van der Waals surface area contributed by atoms with Gasteiger partial charge in [0, 0.05) is 12.1 Å². The summed E-state index contributed by atoms with van der Waals surface area (Å²) in [5.41, 5.74) is 1.49. The van der Waals surface area contributed by atoms with Gasteiger partial charge in [0.25, 0.3) is 5.92 Å². The Morgan fingerprint density at radius 2 is 1.75 bits per heavy atom. The van der Waals surface area contributed by atoms with E-state index in [1.807, 2.05) is 4.72 Å². The smallest absolute Gasteiger partial charge is 0.277 e. The van der Waals surface area contributed by atoms with Crippen molar-refractivity contribution < 1.29 is 26.0 Å². The largest absolute Gasteiger partial charge is 0.306 e. The highest BCUT2D eigenvalue weighted by molar-refractivity contribution is 7.88. The number of rotatable bonds is 5. The van der Waals surface area contributed by atoms with Gasteiger partial charge in [-0.15, -0.1) is 12.4 Å². The molecule has 0 aliphatic carbocycles. The SMILES string of the molecule is CS(=O)(=O)N[C@@H]1[C@H](Cc2cccc(-c3cc(F)cc(F)c3)c2)NCC1(F)F.Cl. The monoisotopic (exact) mass is 438 g/mol. The van der Waals surface area contributed by atoms with Gasteiger partial charge in [0.1, 0.15) is 17.7 Å². The molecule has 2 atom stereocenters. The molecule has 2 aromatic carbocycles. The maximum absolute atomic E-state index is 14.1. The molecular formula is C18H19ClF4N2O2S. The number of hydrogen-bond donors (Lipinski definition) is 2. The summed E-state index contributed by atoms with van der Waals surface area (Å²) >= 11 is 0. The number of hydrogen-bond acceptors (Lipinski definition) is 3. The number of alkyl halides is 2. The molecule has 0 saturated carbocycles. The van der Waals surface area contributed by atoms with Crippen molar-refractivity contribution in [3.63, 3.8) is 0 Å². The minimum Gasteiger partial charge on any atom is -0.306 e. The van der Waals surface area contributed by atoms with Gasteiger partial charge in [0.2, 0.25) is 10.0 Å². The lowest BCUT2D eigenvalue weighted by Crippen LogP contribution is -2.51. The van der Waals surface area contributed by atoms with Crippen molar-refractivity contribution in [1.82, 2.24) is 10.0 Å². The fourth-order valence-electron chi connectivity index (χ4n) is 3.23. The molecule has 0 aromatic heterocycles. The van der Waals surface area contributed by atoms with Crippen LogP contribution in [-0.2, 0) is 16.4 Å². The molecule has 3 rings (SSSR count). The molecule has 4 nitrogen and oxygen atoms in total. The van der Waals surface area contributed by atoms with E-state index in [4.69, 9.17) is 0 Å². The second kappa shape index (κ2) is 8.36. The summed E-state index contributed by atoms with van der Waals surface area (Å²) in [4.78, 5) is 0. The first-order chi connectivity index (χ1) is 12.5. The Morgan fingerprint density at radius 3 is 2.36 bits per heavy atom. The number of nitrogens with one attached hydrogen (secondary N) is 2. The van der Waals surface area contributed by atoms with Crippen LogP contribution in [0.25, 0.3) is 11.1 Å². The van der Waals surface area contributed by atoms with Crippen LogP contribution in [0.3, 0.4) is 0 Å². The maximum atomic E-state index is 14.1. The molecule has 1 fully saturated rings. The van der Waals surface area contributed by atoms with Crippen LogP contribution in [0.15, 0.2) is 42.5 Å². The Hall–Kier alpha value is -1.68. The van der Waals surface area contributed by atoms with E-state index in [0.29, 0.717) is 16.7 Å². The van der Waals surface area contributed by atoms with E-state index < -0.39 is 46.2 Å². The van der Waals surface area contributed by atoms with Gasteiger partial charge in [0.05, 0.1) is 12.8 Å². The molecule has 0 spiro atoms. The number of halogens is 5. The van der Waals surface area contributed by atoms with Crippen molar-refractivity contribution in [3.8, 4) is 11.1 Å². The topological polar surface area (TPSA) is 58.2 Å². The third-order valence-corrected chi connectivity index (χ3v) is 5.06. The first kappa shape index (κ1) is 22.6. The van der Waals surface area contributed by atoms with Crippen LogP contribution in [0.2, 0.25) is 0 Å². The molecular weight excluding hydrogens is 420 g/mol. The van der Waals surface area contributed by atoms with E-state index in [0.717, 1.165) is 12.3 Å². The molecule has 0 amide bonds. The Balaban J connectivity index is 0.00000280. The predicted molar refractivity (Wildman–Crippen MR) is 101 cm³/mol. The van der Waals surface area contributed by atoms with Crippen LogP contribution in [0, 0.1) is 11.6 Å². The fourth-order valence-corrected chi connectivity index (χ4v) is 4.03. The molecule has 0 radical (unpaired) electrons. The molecule has 1 aliphatic heterocycles. The zero-order chi connectivity index (χ0) is 19.8. The average Bonchev–Trinajstić information content (AvgIpc) is 2.80. The number of sulfonamides is 1. The summed E-state index contributed by atoms with van der Waals surface area (Å²) in [6.07, 6.45) is 0.950. The van der Waals surface area contributed by atoms with Crippen LogP contribution in [0.1, 0.15) is 5.56 Å². The minimum atomic E-state index is -3.82. The van der Waals surface area contributed by atoms with Crippen LogP contribution >= 0.6 is 12.4 Å². The average molecular weight is 439 g/mol. The van der Waals surface area contributed by atoms with Crippen LogP contribution in [0.4, 0.5) is 17.6 Å². The molecule has 2 N–H and O–H groups in total. The molecule has 10 heteroatoms. The quantitative estimate of drug-likeness (QED) is 0.705. The van der Waals surface area contributed by atoms with Gasteiger partial charge >= 0.3 is 0 Å². The second-order valence-electron chi connectivity index (χ2n) is 6.68. The normalized spacial score (nSPS) is 21.3. The third-order valence-electron chi connectivity index (χ3n) is 4.38. The standard InChI is InChI=1S/C18H18F4N2O2S.ClH/c1-27(25,26)24-17-16(23-10-18(17,21)22)6-11-3-2-4-12(5-11)13-7-14(19)9-15(20)8-13;/h2-5,7-9,16-17,23-24H,6,10H2,1H3;1H/t16-,17+;/m0./s1. The Labute approximate surface area is 166 Å². The molecule has 0 bridgehead atoms. The Bertz CT molecular complexity index is 936. The minimum absolute atomic E-state index is 0. The number of benzene rings is 2. The van der Waals surface area contributed by atoms with Gasteiger partial charge in [-0.05, 0) is 35.2 Å². The van der Waals surface area contributed by atoms with E-state index >= 15 is 0 Å². The third kappa shape index (κ3) is 5.44. The maximum Gasteiger partial charge on any atom is 0.277 e. The van der Waals surface area contributed by atoms with Gasteiger partial charge in [-0.1, -0.05) is 24.3 Å². The van der Waals surface area contributed by atoms with Gasteiger partial charge in [-0.2, -0.15) is 0 Å². The molecule has 0 unspecified atom stereocenters. The summed E-state index contributed by atoms with van der Waals surface area (Å²) < 4.78 is 79.8. The van der Waals surface area contributed by atoms with Crippen molar-refractivity contribution in [2.24, 2.45) is 0 Å². The predicted octanol–water partition coefficient (Wildman–Crippen LogP) is 3.12. The summed E-state index contributed by atoms with van der Waals surface area (Å²) in [5, 5.41) is 2.65. The van der Waals surface area contributed by atoms with Gasteiger partial charge in [-0.25, -0.2) is 30.7 Å². The van der Waals surface area contributed by atoms with E-state index in [1.165, 1.54) is 12.1 Å². The Morgan fingerprint density at radius 1 is 1.11 bits per heavy atom. The van der Waals surface area contributed by atoms with Crippen LogP contribution in [0.5, 0.6) is 0 Å². The van der Waals surface area contributed by atoms with E-state index in [9.17, 15) is 26.0 Å². The van der Waals surface area contributed by atoms with E-state index in [1.54, 1.807) is 24.3 Å². The lowest BCUT2D eigenvalue weighted by Gasteiger charge is -2.24. The summed E-state index contributed by atoms with van der Waals surface area (Å²) in [6, 6.07) is 7.35. The van der Waals surface area contributed by atoms with E-state index in [-0.39, 0.29) is 18.8 Å². The van der Waals surface area contributed by atoms with Gasteiger partial charge < -0.3 is 5.32 Å². The van der Waals surface area contributed by atoms with Crippen molar-refractivity contribution in [2.45, 2.75) is 24.4 Å². The summed E-state index contributed by atoms with van der Waals surface area (Å²) in [5.74, 6) is -4.66. The van der Waals surface area contributed by atoms with Crippen molar-refractivity contribution in [2.75, 3.05) is 12.8 Å². The first-order valence-electron chi connectivity index (χ1n) is 8.17. The van der Waals surface area contributed by atoms with E-state index in [2.05, 4.69) is 5.32 Å². The zero-order valence-corrected chi connectivity index (χ0v) is 16.4. The molecule has 154 valence electrons. The van der Waals surface area contributed by atoms with Gasteiger partial charge in [0.15, 0.2) is 0 Å². The second-order valence-corrected chi connectivity index (χ2v) is 8.46. The fraction of sp³-hybridized carbons (Fsp3) is 0.333. The first-order valence-corrected chi connectivity index (χ1v) is 10.1. The van der Waals surface area contributed by atoms with Crippen molar-refractivity contribution in [3.05, 3.63) is 59.7 Å². The summed E-state index contributed by atoms with van der Waals surface area (Å²) in [7, 11) is -3.82. The lowest BCUT2D eigenvalue weighted by atomic mass is 9.96. The highest BCUT2D eigenvalue weighted by Gasteiger charge is 2.51. The van der Waals surface area contributed by atoms with Crippen LogP contribution in [-0.4, -0.2) is 39.2 Å². The zero-order valence-electron chi connectivity index (χ0n) is 14.8. The highest BCUT2D eigenvalue weighted by atomic mass is 35.5. The highest BCUT2D eigenvalue weighted by Crippen LogP contribution is 2.29.